The van der Waals surface area contributed by atoms with Crippen molar-refractivity contribution >= 4 is 17.3 Å². The molecular formula is C9H12O3S. The number of hydrogen-bond donors (Lipinski definition) is 1. The Morgan fingerprint density at radius 1 is 1.62 bits per heavy atom. The molecule has 0 aromatic carbocycles. The third kappa shape index (κ3) is 3.46. The number of thiophene rings is 1. The van der Waals surface area contributed by atoms with Crippen molar-refractivity contribution in [2.24, 2.45) is 0 Å². The van der Waals surface area contributed by atoms with Gasteiger partial charge in [-0.25, -0.2) is 0 Å². The first-order chi connectivity index (χ1) is 6.22. The predicted octanol–water partition coefficient (Wildman–Crippen LogP) is 2.16. The molecule has 0 aliphatic rings. The van der Waals surface area contributed by atoms with E-state index in [0.717, 1.165) is 11.5 Å². The van der Waals surface area contributed by atoms with E-state index in [1.807, 2.05) is 12.1 Å². The molecule has 13 heavy (non-hydrogen) atoms. The van der Waals surface area contributed by atoms with Crippen LogP contribution in [0.4, 0.5) is 0 Å². The first-order valence-electron chi connectivity index (χ1n) is 4.07. The van der Waals surface area contributed by atoms with E-state index < -0.39 is 5.97 Å². The van der Waals surface area contributed by atoms with Gasteiger partial charge in [-0.05, 0) is 25.0 Å². The monoisotopic (exact) mass is 200 g/mol. The molecule has 0 amide bonds. The van der Waals surface area contributed by atoms with Gasteiger partial charge in [0.15, 0.2) is 5.06 Å². The summed E-state index contributed by atoms with van der Waals surface area (Å²) >= 11 is 1.57. The largest absolute Gasteiger partial charge is 0.487 e. The molecular weight excluding hydrogens is 188 g/mol. The number of carbonyl (C=O) groups is 1. The minimum absolute atomic E-state index is 0.236. The number of ether oxygens (including phenoxy) is 1. The van der Waals surface area contributed by atoms with Gasteiger partial charge in [0.05, 0.1) is 7.11 Å². The molecule has 0 spiro atoms. The minimum Gasteiger partial charge on any atom is -0.487 e. The van der Waals surface area contributed by atoms with E-state index in [1.54, 1.807) is 18.4 Å². The number of hydrogen-bond acceptors (Lipinski definition) is 3. The van der Waals surface area contributed by atoms with Crippen molar-refractivity contribution in [3.63, 3.8) is 0 Å². The van der Waals surface area contributed by atoms with Crippen molar-refractivity contribution in [3.8, 4) is 5.06 Å². The molecule has 0 unspecified atom stereocenters. The fourth-order valence-electron chi connectivity index (χ4n) is 1.02. The Morgan fingerprint density at radius 3 is 2.92 bits per heavy atom. The van der Waals surface area contributed by atoms with Gasteiger partial charge in [-0.1, -0.05) is 0 Å². The van der Waals surface area contributed by atoms with Crippen molar-refractivity contribution in [2.75, 3.05) is 7.11 Å². The molecule has 1 heterocycles. The lowest BCUT2D eigenvalue weighted by atomic mass is 10.2. The molecule has 1 aromatic rings. The molecule has 0 saturated carbocycles. The molecule has 1 N–H and O–H groups in total. The van der Waals surface area contributed by atoms with Crippen molar-refractivity contribution in [1.29, 1.82) is 0 Å². The molecule has 4 heteroatoms. The standard InChI is InChI=1S/C9H12O3S/c1-12-9-6-5-7(13-9)3-2-4-8(10)11/h5-6H,2-4H2,1H3,(H,10,11). The highest BCUT2D eigenvalue weighted by Crippen LogP contribution is 2.24. The zero-order valence-corrected chi connectivity index (χ0v) is 8.26. The van der Waals surface area contributed by atoms with E-state index in [0.29, 0.717) is 6.42 Å². The molecule has 0 bridgehead atoms. The van der Waals surface area contributed by atoms with E-state index in [1.165, 1.54) is 4.88 Å². The van der Waals surface area contributed by atoms with Gasteiger partial charge in [-0.2, -0.15) is 0 Å². The lowest BCUT2D eigenvalue weighted by Crippen LogP contribution is -1.94. The smallest absolute Gasteiger partial charge is 0.303 e. The Hall–Kier alpha value is -1.03. The van der Waals surface area contributed by atoms with Crippen LogP contribution < -0.4 is 4.74 Å². The van der Waals surface area contributed by atoms with E-state index in [4.69, 9.17) is 9.84 Å². The van der Waals surface area contributed by atoms with Crippen molar-refractivity contribution in [2.45, 2.75) is 19.3 Å². The third-order valence-corrected chi connectivity index (χ3v) is 2.76. The van der Waals surface area contributed by atoms with Crippen LogP contribution in [0.3, 0.4) is 0 Å². The van der Waals surface area contributed by atoms with Crippen LogP contribution in [-0.2, 0) is 11.2 Å². The van der Waals surface area contributed by atoms with Gasteiger partial charge >= 0.3 is 5.97 Å². The van der Waals surface area contributed by atoms with Crippen LogP contribution >= 0.6 is 11.3 Å². The van der Waals surface area contributed by atoms with Crippen LogP contribution in [0.1, 0.15) is 17.7 Å². The molecule has 0 radical (unpaired) electrons. The average molecular weight is 200 g/mol. The lowest BCUT2D eigenvalue weighted by molar-refractivity contribution is -0.137. The van der Waals surface area contributed by atoms with Gasteiger partial charge in [-0.15, -0.1) is 11.3 Å². The van der Waals surface area contributed by atoms with Gasteiger partial charge < -0.3 is 9.84 Å². The Kier molecular flexibility index (Phi) is 3.76. The summed E-state index contributed by atoms with van der Waals surface area (Å²) in [5.41, 5.74) is 0. The fraction of sp³-hybridized carbons (Fsp3) is 0.444. The maximum Gasteiger partial charge on any atom is 0.303 e. The highest BCUT2D eigenvalue weighted by atomic mass is 32.1. The summed E-state index contributed by atoms with van der Waals surface area (Å²) in [4.78, 5) is 11.4. The summed E-state index contributed by atoms with van der Waals surface area (Å²) in [5.74, 6) is -0.733. The number of methoxy groups -OCH3 is 1. The van der Waals surface area contributed by atoms with Crippen molar-refractivity contribution < 1.29 is 14.6 Å². The van der Waals surface area contributed by atoms with Gasteiger partial charge in [-0.3, -0.25) is 4.79 Å². The average Bonchev–Trinajstić information content (AvgIpc) is 2.52. The predicted molar refractivity (Wildman–Crippen MR) is 51.4 cm³/mol. The molecule has 1 aromatic heterocycles. The van der Waals surface area contributed by atoms with E-state index in [2.05, 4.69) is 0 Å². The van der Waals surface area contributed by atoms with Gasteiger partial charge in [0.1, 0.15) is 0 Å². The Labute approximate surface area is 81.0 Å². The van der Waals surface area contributed by atoms with Crippen molar-refractivity contribution in [1.82, 2.24) is 0 Å². The van der Waals surface area contributed by atoms with E-state index in [9.17, 15) is 4.79 Å². The second kappa shape index (κ2) is 4.87. The zero-order valence-electron chi connectivity index (χ0n) is 7.45. The molecule has 0 aliphatic heterocycles. The number of carboxylic acids is 1. The number of carboxylic acid groups (broad SMARTS) is 1. The van der Waals surface area contributed by atoms with Gasteiger partial charge in [0.2, 0.25) is 0 Å². The lowest BCUT2D eigenvalue weighted by Gasteiger charge is -1.94. The summed E-state index contributed by atoms with van der Waals surface area (Å²) in [6.07, 6.45) is 1.75. The summed E-state index contributed by atoms with van der Waals surface area (Å²) < 4.78 is 5.02. The van der Waals surface area contributed by atoms with E-state index in [-0.39, 0.29) is 6.42 Å². The highest BCUT2D eigenvalue weighted by molar-refractivity contribution is 7.13. The first kappa shape index (κ1) is 10.1. The highest BCUT2D eigenvalue weighted by Gasteiger charge is 2.01. The summed E-state index contributed by atoms with van der Waals surface area (Å²) in [6, 6.07) is 3.88. The number of aryl methyl sites for hydroxylation is 1. The fourth-order valence-corrected chi connectivity index (χ4v) is 1.88. The van der Waals surface area contributed by atoms with Crippen LogP contribution in [-0.4, -0.2) is 18.2 Å². The van der Waals surface area contributed by atoms with Crippen LogP contribution in [0.2, 0.25) is 0 Å². The second-order valence-electron chi connectivity index (χ2n) is 2.67. The van der Waals surface area contributed by atoms with Crippen LogP contribution in [0, 0.1) is 0 Å². The SMILES string of the molecule is COc1ccc(CCCC(=O)O)s1. The first-order valence-corrected chi connectivity index (χ1v) is 4.88. The molecule has 72 valence electrons. The molecule has 0 aliphatic carbocycles. The molecule has 0 atom stereocenters. The Bertz CT molecular complexity index is 280. The number of aliphatic carboxylic acids is 1. The van der Waals surface area contributed by atoms with Gasteiger partial charge in [0, 0.05) is 11.3 Å². The normalized spacial score (nSPS) is 9.92. The summed E-state index contributed by atoms with van der Waals surface area (Å²) in [5, 5.41) is 9.30. The second-order valence-corrected chi connectivity index (χ2v) is 3.80. The minimum atomic E-state index is -0.733. The molecule has 0 saturated heterocycles. The van der Waals surface area contributed by atoms with E-state index >= 15 is 0 Å². The third-order valence-electron chi connectivity index (χ3n) is 1.65. The summed E-state index contributed by atoms with van der Waals surface area (Å²) in [7, 11) is 1.63. The number of rotatable bonds is 5. The summed E-state index contributed by atoms with van der Waals surface area (Å²) in [6.45, 7) is 0. The quantitative estimate of drug-likeness (QED) is 0.792. The topological polar surface area (TPSA) is 46.5 Å². The van der Waals surface area contributed by atoms with Crippen LogP contribution in [0.5, 0.6) is 5.06 Å². The zero-order chi connectivity index (χ0) is 9.68. The van der Waals surface area contributed by atoms with Crippen LogP contribution in [0.25, 0.3) is 0 Å². The Morgan fingerprint density at radius 2 is 2.38 bits per heavy atom. The Balaban J connectivity index is 2.32. The molecule has 1 rings (SSSR count). The molecule has 0 fully saturated rings. The maximum absolute atomic E-state index is 10.2. The molecule has 3 nitrogen and oxygen atoms in total. The van der Waals surface area contributed by atoms with Gasteiger partial charge in [0.25, 0.3) is 0 Å². The van der Waals surface area contributed by atoms with Crippen molar-refractivity contribution in [3.05, 3.63) is 17.0 Å². The van der Waals surface area contributed by atoms with Crippen LogP contribution in [0.15, 0.2) is 12.1 Å². The maximum atomic E-state index is 10.2.